The van der Waals surface area contributed by atoms with Crippen LogP contribution in [0.4, 0.5) is 5.69 Å². The summed E-state index contributed by atoms with van der Waals surface area (Å²) in [4.78, 5) is 53.5. The number of carbonyl (C=O) groups excluding carboxylic acids is 3. The highest BCUT2D eigenvalue weighted by Gasteiger charge is 2.34. The van der Waals surface area contributed by atoms with Gasteiger partial charge < -0.3 is 15.4 Å². The van der Waals surface area contributed by atoms with Crippen molar-refractivity contribution in [3.8, 4) is 0 Å². The Balaban J connectivity index is 1.43. The molecule has 11 nitrogen and oxygen atoms in total. The molecule has 3 N–H and O–H groups in total. The molecule has 1 aliphatic heterocycles. The van der Waals surface area contributed by atoms with Crippen LogP contribution >= 0.6 is 23.2 Å². The SMILES string of the molecule is COC(=O)[C@H](Cc1ccc(NC(=O)c2c(Cl)cncc2Cl)cc1)NC(=O)[C@@H]1CCc2n[nH]c(=O)n21. The number of aromatic amines is 1. The van der Waals surface area contributed by atoms with Crippen LogP contribution in [0, 0.1) is 0 Å². The van der Waals surface area contributed by atoms with Gasteiger partial charge in [-0.2, -0.15) is 5.10 Å². The second kappa shape index (κ2) is 10.3. The molecule has 3 heterocycles. The number of ether oxygens (including phenoxy) is 1. The van der Waals surface area contributed by atoms with Gasteiger partial charge in [-0.1, -0.05) is 35.3 Å². The number of esters is 1. The van der Waals surface area contributed by atoms with Crippen molar-refractivity contribution in [3.05, 3.63) is 74.1 Å². The minimum absolute atomic E-state index is 0.104. The van der Waals surface area contributed by atoms with Crippen molar-refractivity contribution in [2.75, 3.05) is 12.4 Å². The molecule has 13 heteroatoms. The number of fused-ring (bicyclic) bond motifs is 1. The van der Waals surface area contributed by atoms with Crippen LogP contribution in [0.1, 0.15) is 34.2 Å². The number of hydrogen-bond donors (Lipinski definition) is 3. The van der Waals surface area contributed by atoms with E-state index in [1.54, 1.807) is 24.3 Å². The molecule has 35 heavy (non-hydrogen) atoms. The first-order valence-electron chi connectivity index (χ1n) is 10.5. The average molecular weight is 519 g/mol. The number of nitrogens with one attached hydrogen (secondary N) is 3. The van der Waals surface area contributed by atoms with Gasteiger partial charge in [0.2, 0.25) is 5.91 Å². The third-order valence-electron chi connectivity index (χ3n) is 5.57. The number of rotatable bonds is 7. The highest BCUT2D eigenvalue weighted by Crippen LogP contribution is 2.25. The van der Waals surface area contributed by atoms with Gasteiger partial charge in [0, 0.05) is 30.9 Å². The van der Waals surface area contributed by atoms with Gasteiger partial charge in [-0.05, 0) is 24.1 Å². The molecule has 4 rings (SSSR count). The van der Waals surface area contributed by atoms with Crippen LogP contribution in [-0.2, 0) is 27.2 Å². The summed E-state index contributed by atoms with van der Waals surface area (Å²) in [6.45, 7) is 0. The molecule has 0 unspecified atom stereocenters. The standard InChI is InChI=1S/C22H20Cl2N6O5/c1-35-21(33)15(27-19(31)16-6-7-17-28-29-22(34)30(16)17)8-11-2-4-12(5-3-11)26-20(32)18-13(23)9-25-10-14(18)24/h2-5,9-10,15-16H,6-8H2,1H3,(H,26,32)(H,27,31)(H,29,34)/t15-,16-/m0/s1. The number of amides is 2. The van der Waals surface area contributed by atoms with Crippen molar-refractivity contribution in [1.29, 1.82) is 0 Å². The predicted octanol–water partition coefficient (Wildman–Crippen LogP) is 1.91. The Morgan fingerprint density at radius 1 is 1.20 bits per heavy atom. The maximum absolute atomic E-state index is 12.9. The number of anilines is 1. The highest BCUT2D eigenvalue weighted by atomic mass is 35.5. The predicted molar refractivity (Wildman–Crippen MR) is 127 cm³/mol. The van der Waals surface area contributed by atoms with Crippen molar-refractivity contribution < 1.29 is 19.1 Å². The lowest BCUT2D eigenvalue weighted by Gasteiger charge is -2.19. The van der Waals surface area contributed by atoms with Gasteiger partial charge in [0.1, 0.15) is 17.9 Å². The van der Waals surface area contributed by atoms with Gasteiger partial charge >= 0.3 is 11.7 Å². The molecule has 2 aromatic heterocycles. The monoisotopic (exact) mass is 518 g/mol. The van der Waals surface area contributed by atoms with E-state index in [1.165, 1.54) is 24.1 Å². The van der Waals surface area contributed by atoms with E-state index in [4.69, 9.17) is 27.9 Å². The maximum Gasteiger partial charge on any atom is 0.344 e. The number of H-pyrrole nitrogens is 1. The van der Waals surface area contributed by atoms with Crippen molar-refractivity contribution in [3.63, 3.8) is 0 Å². The Bertz CT molecular complexity index is 1320. The summed E-state index contributed by atoms with van der Waals surface area (Å²) in [5.41, 5.74) is 0.803. The zero-order chi connectivity index (χ0) is 25.1. The van der Waals surface area contributed by atoms with Crippen molar-refractivity contribution >= 4 is 46.7 Å². The average Bonchev–Trinajstić information content (AvgIpc) is 3.42. The van der Waals surface area contributed by atoms with E-state index in [-0.39, 0.29) is 22.0 Å². The Kier molecular flexibility index (Phi) is 7.17. The summed E-state index contributed by atoms with van der Waals surface area (Å²) in [6, 6.07) is 4.94. The van der Waals surface area contributed by atoms with Crippen LogP contribution < -0.4 is 16.3 Å². The molecule has 1 aromatic carbocycles. The molecule has 0 bridgehead atoms. The summed E-state index contributed by atoms with van der Waals surface area (Å²) in [7, 11) is 1.23. The number of nitrogens with zero attached hydrogens (tertiary/aromatic N) is 3. The van der Waals surface area contributed by atoms with Crippen LogP contribution in [0.5, 0.6) is 0 Å². The fourth-order valence-corrected chi connectivity index (χ4v) is 4.40. The van der Waals surface area contributed by atoms with E-state index in [0.717, 1.165) is 0 Å². The number of hydrogen-bond acceptors (Lipinski definition) is 7. The molecule has 2 atom stereocenters. The number of benzene rings is 1. The number of carbonyl (C=O) groups is 3. The lowest BCUT2D eigenvalue weighted by atomic mass is 10.0. The molecule has 0 spiro atoms. The van der Waals surface area contributed by atoms with Gasteiger partial charge in [-0.3, -0.25) is 19.1 Å². The smallest absolute Gasteiger partial charge is 0.344 e. The third kappa shape index (κ3) is 5.20. The van der Waals surface area contributed by atoms with Crippen LogP contribution in [0.2, 0.25) is 10.0 Å². The van der Waals surface area contributed by atoms with E-state index >= 15 is 0 Å². The van der Waals surface area contributed by atoms with E-state index < -0.39 is 35.6 Å². The maximum atomic E-state index is 12.9. The van der Waals surface area contributed by atoms with Crippen LogP contribution in [0.15, 0.2) is 41.5 Å². The number of aromatic nitrogens is 4. The quantitative estimate of drug-likeness (QED) is 0.404. The summed E-state index contributed by atoms with van der Waals surface area (Å²) in [5.74, 6) is -1.11. The Morgan fingerprint density at radius 3 is 2.54 bits per heavy atom. The number of aryl methyl sites for hydroxylation is 1. The zero-order valence-electron chi connectivity index (χ0n) is 18.4. The Labute approximate surface area is 208 Å². The summed E-state index contributed by atoms with van der Waals surface area (Å²) in [6.07, 6.45) is 3.66. The second-order valence-corrected chi connectivity index (χ2v) is 8.60. The Morgan fingerprint density at radius 2 is 1.89 bits per heavy atom. The molecule has 0 aliphatic carbocycles. The minimum Gasteiger partial charge on any atom is -0.467 e. The van der Waals surface area contributed by atoms with Crippen LogP contribution in [0.3, 0.4) is 0 Å². The first-order chi connectivity index (χ1) is 16.8. The van der Waals surface area contributed by atoms with Crippen molar-refractivity contribution in [2.24, 2.45) is 0 Å². The first kappa shape index (κ1) is 24.4. The molecule has 0 radical (unpaired) electrons. The largest absolute Gasteiger partial charge is 0.467 e. The molecule has 3 aromatic rings. The van der Waals surface area contributed by atoms with Crippen molar-refractivity contribution in [1.82, 2.24) is 25.1 Å². The van der Waals surface area contributed by atoms with Gasteiger partial charge in [0.15, 0.2) is 0 Å². The van der Waals surface area contributed by atoms with Gasteiger partial charge in [-0.25, -0.2) is 14.7 Å². The highest BCUT2D eigenvalue weighted by molar-refractivity contribution is 6.40. The summed E-state index contributed by atoms with van der Waals surface area (Å²) >= 11 is 12.1. The van der Waals surface area contributed by atoms with Crippen LogP contribution in [-0.4, -0.2) is 50.7 Å². The molecule has 182 valence electrons. The molecule has 2 amide bonds. The van der Waals surface area contributed by atoms with E-state index in [1.807, 2.05) is 0 Å². The van der Waals surface area contributed by atoms with Gasteiger partial charge in [0.05, 0.1) is 22.7 Å². The zero-order valence-corrected chi connectivity index (χ0v) is 19.9. The molecule has 0 fully saturated rings. The normalized spacial score (nSPS) is 15.2. The lowest BCUT2D eigenvalue weighted by Crippen LogP contribution is -2.46. The topological polar surface area (TPSA) is 148 Å². The number of halogens is 2. The Hall–Kier alpha value is -3.70. The molecule has 0 saturated carbocycles. The summed E-state index contributed by atoms with van der Waals surface area (Å²) in [5, 5.41) is 11.8. The molecule has 1 aliphatic rings. The van der Waals surface area contributed by atoms with Gasteiger partial charge in [0.25, 0.3) is 5.91 Å². The minimum atomic E-state index is -0.978. The first-order valence-corrected chi connectivity index (χ1v) is 11.3. The molecule has 0 saturated heterocycles. The van der Waals surface area contributed by atoms with E-state index in [9.17, 15) is 19.2 Å². The molecular weight excluding hydrogens is 499 g/mol. The fraction of sp³-hybridized carbons (Fsp3) is 0.273. The second-order valence-electron chi connectivity index (χ2n) is 7.79. The van der Waals surface area contributed by atoms with Crippen LogP contribution in [0.25, 0.3) is 0 Å². The van der Waals surface area contributed by atoms with Crippen molar-refractivity contribution in [2.45, 2.75) is 31.3 Å². The lowest BCUT2D eigenvalue weighted by molar-refractivity contribution is -0.145. The summed E-state index contributed by atoms with van der Waals surface area (Å²) < 4.78 is 6.14. The fourth-order valence-electron chi connectivity index (χ4n) is 3.86. The number of methoxy groups -OCH3 is 1. The molecular formula is C22H20Cl2N6O5. The van der Waals surface area contributed by atoms with E-state index in [2.05, 4.69) is 25.8 Å². The van der Waals surface area contributed by atoms with E-state index in [0.29, 0.717) is 29.9 Å². The number of pyridine rings is 1. The van der Waals surface area contributed by atoms with Gasteiger partial charge in [-0.15, -0.1) is 0 Å². The third-order valence-corrected chi connectivity index (χ3v) is 6.14.